The van der Waals surface area contributed by atoms with Crippen LogP contribution in [-0.2, 0) is 17.8 Å². The highest BCUT2D eigenvalue weighted by Gasteiger charge is 2.24. The van der Waals surface area contributed by atoms with Gasteiger partial charge in [-0.05, 0) is 6.42 Å². The molecule has 3 rings (SSSR count). The second-order valence-corrected chi connectivity index (χ2v) is 5.31. The summed E-state index contributed by atoms with van der Waals surface area (Å²) in [5.74, 6) is 1.84. The van der Waals surface area contributed by atoms with Gasteiger partial charge < -0.3 is 14.6 Å². The molecule has 0 radical (unpaired) electrons. The molecule has 112 valence electrons. The fraction of sp³-hybridized carbons (Fsp3) is 0.538. The Morgan fingerprint density at radius 2 is 2.38 bits per heavy atom. The molecular weight excluding hydrogens is 294 g/mol. The Kier molecular flexibility index (Phi) is 3.92. The zero-order valence-corrected chi connectivity index (χ0v) is 12.4. The number of nitrogens with zero attached hydrogens (tertiary/aromatic N) is 4. The van der Waals surface area contributed by atoms with Gasteiger partial charge in [0.25, 0.3) is 0 Å². The van der Waals surface area contributed by atoms with Gasteiger partial charge in [-0.2, -0.15) is 4.98 Å². The summed E-state index contributed by atoms with van der Waals surface area (Å²) in [6.07, 6.45) is 3.47. The van der Waals surface area contributed by atoms with Gasteiger partial charge in [-0.15, -0.1) is 11.6 Å². The molecule has 0 spiro atoms. The van der Waals surface area contributed by atoms with Gasteiger partial charge in [-0.25, -0.2) is 9.97 Å². The maximum atomic E-state index is 11.4. The van der Waals surface area contributed by atoms with Crippen LogP contribution in [0.4, 0.5) is 0 Å². The van der Waals surface area contributed by atoms with Crippen LogP contribution in [0.3, 0.4) is 0 Å². The van der Waals surface area contributed by atoms with Crippen molar-refractivity contribution in [2.24, 2.45) is 0 Å². The minimum absolute atomic E-state index is 0.0931. The van der Waals surface area contributed by atoms with Crippen LogP contribution in [0.2, 0.25) is 0 Å². The van der Waals surface area contributed by atoms with Gasteiger partial charge >= 0.3 is 0 Å². The molecule has 1 amide bonds. The van der Waals surface area contributed by atoms with E-state index in [0.717, 1.165) is 12.2 Å². The van der Waals surface area contributed by atoms with Crippen LogP contribution in [0.25, 0.3) is 11.2 Å². The van der Waals surface area contributed by atoms with Crippen molar-refractivity contribution in [1.82, 2.24) is 24.8 Å². The van der Waals surface area contributed by atoms with Crippen molar-refractivity contribution in [2.45, 2.75) is 31.8 Å². The Balaban J connectivity index is 2.01. The molecule has 7 nitrogen and oxygen atoms in total. The Labute approximate surface area is 126 Å². The fourth-order valence-electron chi connectivity index (χ4n) is 2.61. The van der Waals surface area contributed by atoms with E-state index in [1.54, 1.807) is 7.11 Å². The van der Waals surface area contributed by atoms with E-state index in [4.69, 9.17) is 16.3 Å². The minimum atomic E-state index is 0.0931. The highest BCUT2D eigenvalue weighted by molar-refractivity contribution is 6.17. The number of nitrogens with one attached hydrogen (secondary N) is 1. The highest BCUT2D eigenvalue weighted by Crippen LogP contribution is 2.23. The number of alkyl halides is 1. The molecule has 3 heterocycles. The molecule has 1 unspecified atom stereocenters. The number of fused-ring (bicyclic) bond motifs is 1. The highest BCUT2D eigenvalue weighted by atomic mass is 35.5. The van der Waals surface area contributed by atoms with Crippen LogP contribution in [0.5, 0.6) is 5.88 Å². The SMILES string of the molecule is COc1ncnc2c1nc(CCCl)n2CC1CCC(=O)N1. The molecule has 1 fully saturated rings. The average Bonchev–Trinajstić information content (AvgIpc) is 3.04. The van der Waals surface area contributed by atoms with Crippen LogP contribution < -0.4 is 10.1 Å². The zero-order valence-electron chi connectivity index (χ0n) is 11.7. The molecule has 2 aromatic rings. The summed E-state index contributed by atoms with van der Waals surface area (Å²) in [6, 6.07) is 0.102. The summed E-state index contributed by atoms with van der Waals surface area (Å²) in [6.45, 7) is 0.634. The van der Waals surface area contributed by atoms with Crippen molar-refractivity contribution < 1.29 is 9.53 Å². The van der Waals surface area contributed by atoms with E-state index in [0.29, 0.717) is 42.3 Å². The molecule has 1 N–H and O–H groups in total. The smallest absolute Gasteiger partial charge is 0.245 e. The van der Waals surface area contributed by atoms with Gasteiger partial charge in [0.15, 0.2) is 11.2 Å². The maximum Gasteiger partial charge on any atom is 0.245 e. The molecule has 1 aliphatic heterocycles. The predicted molar refractivity (Wildman–Crippen MR) is 77.5 cm³/mol. The zero-order chi connectivity index (χ0) is 14.8. The first-order chi connectivity index (χ1) is 10.2. The van der Waals surface area contributed by atoms with Crippen LogP contribution >= 0.6 is 11.6 Å². The summed E-state index contributed by atoms with van der Waals surface area (Å²) in [4.78, 5) is 24.3. The van der Waals surface area contributed by atoms with Gasteiger partial charge in [-0.1, -0.05) is 0 Å². The molecule has 0 aliphatic carbocycles. The Morgan fingerprint density at radius 3 is 3.05 bits per heavy atom. The van der Waals surface area contributed by atoms with Crippen molar-refractivity contribution in [3.63, 3.8) is 0 Å². The van der Waals surface area contributed by atoms with Crippen LogP contribution in [-0.4, -0.2) is 44.5 Å². The number of methoxy groups -OCH3 is 1. The molecule has 2 aromatic heterocycles. The normalized spacial score (nSPS) is 18.2. The van der Waals surface area contributed by atoms with Crippen molar-refractivity contribution in [3.05, 3.63) is 12.2 Å². The molecule has 8 heteroatoms. The van der Waals surface area contributed by atoms with E-state index in [1.807, 2.05) is 4.57 Å². The Bertz CT molecular complexity index is 672. The number of imidazole rings is 1. The lowest BCUT2D eigenvalue weighted by Gasteiger charge is -2.13. The van der Waals surface area contributed by atoms with Crippen molar-refractivity contribution in [1.29, 1.82) is 0 Å². The Hall–Kier alpha value is -1.89. The fourth-order valence-corrected chi connectivity index (χ4v) is 2.78. The third-order valence-electron chi connectivity index (χ3n) is 3.58. The molecule has 21 heavy (non-hydrogen) atoms. The number of hydrogen-bond acceptors (Lipinski definition) is 5. The van der Waals surface area contributed by atoms with E-state index < -0.39 is 0 Å². The van der Waals surface area contributed by atoms with E-state index in [9.17, 15) is 4.79 Å². The van der Waals surface area contributed by atoms with Gasteiger partial charge in [0.05, 0.1) is 7.11 Å². The molecule has 1 aliphatic rings. The number of amides is 1. The van der Waals surface area contributed by atoms with Gasteiger partial charge in [0.2, 0.25) is 11.8 Å². The third kappa shape index (κ3) is 2.65. The number of ether oxygens (including phenoxy) is 1. The number of rotatable bonds is 5. The first-order valence-electron chi connectivity index (χ1n) is 6.82. The van der Waals surface area contributed by atoms with Crippen LogP contribution in [0, 0.1) is 0 Å². The van der Waals surface area contributed by atoms with Crippen molar-refractivity contribution in [2.75, 3.05) is 13.0 Å². The molecular formula is C13H16ClN5O2. The van der Waals surface area contributed by atoms with Gasteiger partial charge in [-0.3, -0.25) is 4.79 Å². The summed E-state index contributed by atoms with van der Waals surface area (Å²) in [5, 5.41) is 2.96. The second kappa shape index (κ2) is 5.85. The molecule has 1 atom stereocenters. The Morgan fingerprint density at radius 1 is 1.52 bits per heavy atom. The number of halogens is 1. The molecule has 0 aromatic carbocycles. The van der Waals surface area contributed by atoms with E-state index in [-0.39, 0.29) is 11.9 Å². The molecule has 0 saturated carbocycles. The maximum absolute atomic E-state index is 11.4. The summed E-state index contributed by atoms with van der Waals surface area (Å²) >= 11 is 5.86. The molecule has 1 saturated heterocycles. The first-order valence-corrected chi connectivity index (χ1v) is 7.35. The molecule has 0 bridgehead atoms. The largest absolute Gasteiger partial charge is 0.479 e. The number of aryl methyl sites for hydroxylation is 1. The second-order valence-electron chi connectivity index (χ2n) is 4.94. The lowest BCUT2D eigenvalue weighted by atomic mass is 10.2. The lowest BCUT2D eigenvalue weighted by Crippen LogP contribution is -2.30. The number of carbonyl (C=O) groups is 1. The third-order valence-corrected chi connectivity index (χ3v) is 3.77. The average molecular weight is 310 g/mol. The topological polar surface area (TPSA) is 81.9 Å². The van der Waals surface area contributed by atoms with Gasteiger partial charge in [0, 0.05) is 31.3 Å². The lowest BCUT2D eigenvalue weighted by molar-refractivity contribution is -0.119. The predicted octanol–water partition coefficient (Wildman–Crippen LogP) is 0.895. The van der Waals surface area contributed by atoms with E-state index in [1.165, 1.54) is 6.33 Å². The number of aromatic nitrogens is 4. The van der Waals surface area contributed by atoms with E-state index >= 15 is 0 Å². The summed E-state index contributed by atoms with van der Waals surface area (Å²) in [7, 11) is 1.55. The number of carbonyl (C=O) groups excluding carboxylic acids is 1. The number of hydrogen-bond donors (Lipinski definition) is 1. The van der Waals surface area contributed by atoms with Gasteiger partial charge in [0.1, 0.15) is 12.2 Å². The minimum Gasteiger partial charge on any atom is -0.479 e. The quantitative estimate of drug-likeness (QED) is 0.830. The van der Waals surface area contributed by atoms with Crippen LogP contribution in [0.15, 0.2) is 6.33 Å². The summed E-state index contributed by atoms with van der Waals surface area (Å²) in [5.41, 5.74) is 1.34. The van der Waals surface area contributed by atoms with Crippen molar-refractivity contribution >= 4 is 28.7 Å². The summed E-state index contributed by atoms with van der Waals surface area (Å²) < 4.78 is 7.23. The van der Waals surface area contributed by atoms with E-state index in [2.05, 4.69) is 20.3 Å². The van der Waals surface area contributed by atoms with Crippen molar-refractivity contribution in [3.8, 4) is 5.88 Å². The first kappa shape index (κ1) is 14.1. The standard InChI is InChI=1S/C13H16ClN5O2/c1-21-13-11-12(15-7-16-13)19(9(18-11)4-5-14)6-8-2-3-10(20)17-8/h7-8H,2-6H2,1H3,(H,17,20). The monoisotopic (exact) mass is 309 g/mol. The van der Waals surface area contributed by atoms with Crippen LogP contribution in [0.1, 0.15) is 18.7 Å².